The third-order valence-electron chi connectivity index (χ3n) is 4.60. The van der Waals surface area contributed by atoms with Gasteiger partial charge in [0, 0.05) is 35.9 Å². The quantitative estimate of drug-likeness (QED) is 0.502. The van der Waals surface area contributed by atoms with Crippen molar-refractivity contribution in [1.29, 1.82) is 0 Å². The summed E-state index contributed by atoms with van der Waals surface area (Å²) in [4.78, 5) is 29.2. The number of hydrogen-bond acceptors (Lipinski definition) is 4. The van der Waals surface area contributed by atoms with Gasteiger partial charge in [-0.2, -0.15) is 0 Å². The van der Waals surface area contributed by atoms with E-state index in [9.17, 15) is 9.59 Å². The van der Waals surface area contributed by atoms with E-state index < -0.39 is 0 Å². The molecule has 146 valence electrons. The molecular formula is C22H20N4O2S. The maximum Gasteiger partial charge on any atom is 0.271 e. The lowest BCUT2D eigenvalue weighted by Gasteiger charge is -2.06. The first-order valence-corrected chi connectivity index (χ1v) is 10.1. The van der Waals surface area contributed by atoms with Crippen molar-refractivity contribution in [3.63, 3.8) is 0 Å². The molecule has 2 N–H and O–H groups in total. The van der Waals surface area contributed by atoms with Gasteiger partial charge in [0.1, 0.15) is 0 Å². The van der Waals surface area contributed by atoms with Crippen LogP contribution in [0.4, 0.5) is 0 Å². The minimum absolute atomic E-state index is 0.112. The zero-order valence-electron chi connectivity index (χ0n) is 15.9. The van der Waals surface area contributed by atoms with Gasteiger partial charge in [-0.15, -0.1) is 11.3 Å². The van der Waals surface area contributed by atoms with Gasteiger partial charge in [-0.25, -0.2) is 4.98 Å². The van der Waals surface area contributed by atoms with Crippen LogP contribution >= 0.6 is 11.3 Å². The van der Waals surface area contributed by atoms with Crippen molar-refractivity contribution in [2.75, 3.05) is 0 Å². The lowest BCUT2D eigenvalue weighted by molar-refractivity contribution is -0.121. The van der Waals surface area contributed by atoms with Crippen LogP contribution in [0.3, 0.4) is 0 Å². The van der Waals surface area contributed by atoms with Gasteiger partial charge in [-0.3, -0.25) is 20.4 Å². The van der Waals surface area contributed by atoms with Crippen LogP contribution in [-0.2, 0) is 24.7 Å². The number of aromatic nitrogens is 2. The number of nitrogens with one attached hydrogen (secondary N) is 2. The zero-order chi connectivity index (χ0) is 20.2. The number of rotatable bonds is 5. The average molecular weight is 404 g/mol. The molecule has 2 heterocycles. The van der Waals surface area contributed by atoms with Gasteiger partial charge in [0.2, 0.25) is 5.91 Å². The summed E-state index contributed by atoms with van der Waals surface area (Å²) in [6, 6.07) is 17.7. The van der Waals surface area contributed by atoms with Gasteiger partial charge in [0.15, 0.2) is 0 Å². The number of nitrogens with zero attached hydrogens (tertiary/aromatic N) is 2. The molecule has 2 aromatic carbocycles. The maximum absolute atomic E-state index is 12.5. The molecule has 0 radical (unpaired) electrons. The van der Waals surface area contributed by atoms with Crippen LogP contribution < -0.4 is 10.9 Å². The number of fused-ring (bicyclic) bond motifs is 1. The van der Waals surface area contributed by atoms with E-state index in [2.05, 4.69) is 28.0 Å². The van der Waals surface area contributed by atoms with Crippen molar-refractivity contribution in [2.24, 2.45) is 7.05 Å². The summed E-state index contributed by atoms with van der Waals surface area (Å²) in [7, 11) is 1.88. The van der Waals surface area contributed by atoms with Crippen molar-refractivity contribution in [1.82, 2.24) is 20.4 Å². The Hall–Kier alpha value is -3.45. The Labute approximate surface area is 172 Å². The van der Waals surface area contributed by atoms with Crippen molar-refractivity contribution < 1.29 is 9.59 Å². The van der Waals surface area contributed by atoms with E-state index in [1.807, 2.05) is 59.5 Å². The molecule has 0 fully saturated rings. The van der Waals surface area contributed by atoms with Crippen LogP contribution in [0, 0.1) is 0 Å². The number of benzene rings is 2. The van der Waals surface area contributed by atoms with Gasteiger partial charge in [-0.1, -0.05) is 48.5 Å². The molecule has 29 heavy (non-hydrogen) atoms. The number of aryl methyl sites for hydroxylation is 1. The molecule has 7 heteroatoms. The lowest BCUT2D eigenvalue weighted by Crippen LogP contribution is -2.42. The highest BCUT2D eigenvalue weighted by Gasteiger charge is 2.15. The Balaban J connectivity index is 1.34. The molecule has 2 amide bonds. The van der Waals surface area contributed by atoms with Crippen LogP contribution in [0.1, 0.15) is 26.6 Å². The smallest absolute Gasteiger partial charge is 0.271 e. The van der Waals surface area contributed by atoms with Crippen molar-refractivity contribution >= 4 is 34.1 Å². The van der Waals surface area contributed by atoms with E-state index in [1.165, 1.54) is 16.9 Å². The van der Waals surface area contributed by atoms with Crippen molar-refractivity contribution in [3.8, 4) is 0 Å². The minimum Gasteiger partial charge on any atom is -0.350 e. The molecule has 0 saturated carbocycles. The second-order valence-electron chi connectivity index (χ2n) is 6.74. The minimum atomic E-state index is -0.349. The first-order chi connectivity index (χ1) is 14.1. The molecule has 0 aliphatic rings. The molecule has 0 aliphatic carbocycles. The third-order valence-corrected chi connectivity index (χ3v) is 5.49. The Morgan fingerprint density at radius 2 is 1.79 bits per heavy atom. The maximum atomic E-state index is 12.5. The van der Waals surface area contributed by atoms with Gasteiger partial charge in [-0.05, 0) is 11.6 Å². The second kappa shape index (κ2) is 8.28. The molecule has 0 aliphatic heterocycles. The molecule has 2 aromatic heterocycles. The summed E-state index contributed by atoms with van der Waals surface area (Å²) in [5.74, 6) is -0.659. The van der Waals surface area contributed by atoms with Crippen LogP contribution in [-0.4, -0.2) is 21.4 Å². The molecule has 0 atom stereocenters. The Morgan fingerprint density at radius 1 is 1.03 bits per heavy atom. The molecule has 0 unspecified atom stereocenters. The van der Waals surface area contributed by atoms with Crippen LogP contribution in [0.25, 0.3) is 10.9 Å². The van der Waals surface area contributed by atoms with E-state index in [0.29, 0.717) is 11.3 Å². The van der Waals surface area contributed by atoms with E-state index in [1.54, 1.807) is 6.20 Å². The number of carbonyl (C=O) groups excluding carboxylic acids is 2. The Morgan fingerprint density at radius 3 is 2.62 bits per heavy atom. The monoisotopic (exact) mass is 404 g/mol. The largest absolute Gasteiger partial charge is 0.350 e. The SMILES string of the molecule is Cn1cc(C(=O)NNC(=O)Cc2csc(Cc3ccccc3)n2)c2ccccc21. The highest BCUT2D eigenvalue weighted by Crippen LogP contribution is 2.20. The fourth-order valence-electron chi connectivity index (χ4n) is 3.21. The number of thiazole rings is 1. The molecule has 0 saturated heterocycles. The topological polar surface area (TPSA) is 76.0 Å². The number of para-hydroxylation sites is 1. The number of carbonyl (C=O) groups is 2. The van der Waals surface area contributed by atoms with Crippen LogP contribution in [0.15, 0.2) is 66.2 Å². The van der Waals surface area contributed by atoms with Gasteiger partial charge in [0.25, 0.3) is 5.91 Å². The molecular weight excluding hydrogens is 384 g/mol. The highest BCUT2D eigenvalue weighted by molar-refractivity contribution is 7.09. The van der Waals surface area contributed by atoms with Crippen molar-refractivity contribution in [2.45, 2.75) is 12.8 Å². The van der Waals surface area contributed by atoms with Gasteiger partial charge in [0.05, 0.1) is 22.7 Å². The summed E-state index contributed by atoms with van der Waals surface area (Å²) in [6.45, 7) is 0. The summed E-state index contributed by atoms with van der Waals surface area (Å²) in [6.07, 6.45) is 2.61. The predicted octanol–water partition coefficient (Wildman–Crippen LogP) is 3.23. The van der Waals surface area contributed by atoms with E-state index in [4.69, 9.17) is 0 Å². The van der Waals surface area contributed by atoms with Crippen molar-refractivity contribution in [3.05, 3.63) is 88.0 Å². The second-order valence-corrected chi connectivity index (χ2v) is 7.69. The number of amides is 2. The molecule has 4 rings (SSSR count). The lowest BCUT2D eigenvalue weighted by atomic mass is 10.2. The summed E-state index contributed by atoms with van der Waals surface area (Å²) < 4.78 is 1.88. The van der Waals surface area contributed by atoms with Crippen LogP contribution in [0.2, 0.25) is 0 Å². The van der Waals surface area contributed by atoms with Gasteiger partial charge >= 0.3 is 0 Å². The molecule has 0 spiro atoms. The fourth-order valence-corrected chi connectivity index (χ4v) is 4.03. The van der Waals surface area contributed by atoms with E-state index in [0.717, 1.165) is 22.3 Å². The number of hydrogen-bond donors (Lipinski definition) is 2. The Kier molecular flexibility index (Phi) is 5.39. The first-order valence-electron chi connectivity index (χ1n) is 9.20. The van der Waals surface area contributed by atoms with E-state index >= 15 is 0 Å². The average Bonchev–Trinajstić information content (AvgIpc) is 3.31. The molecule has 6 nitrogen and oxygen atoms in total. The molecule has 4 aromatic rings. The zero-order valence-corrected chi connectivity index (χ0v) is 16.7. The third kappa shape index (κ3) is 4.35. The predicted molar refractivity (Wildman–Crippen MR) is 114 cm³/mol. The summed E-state index contributed by atoms with van der Waals surface area (Å²) >= 11 is 1.53. The Bertz CT molecular complexity index is 1160. The standard InChI is InChI=1S/C22H20N4O2S/c1-26-13-18(17-9-5-6-10-19(17)26)22(28)25-24-20(27)12-16-14-29-21(23-16)11-15-7-3-2-4-8-15/h2-10,13-14H,11-12H2,1H3,(H,24,27)(H,25,28). The summed E-state index contributed by atoms with van der Waals surface area (Å²) in [5.41, 5.74) is 8.32. The normalized spacial score (nSPS) is 10.8. The van der Waals surface area contributed by atoms with E-state index in [-0.39, 0.29) is 18.2 Å². The number of hydrazine groups is 1. The summed E-state index contributed by atoms with van der Waals surface area (Å²) in [5, 5.41) is 3.68. The van der Waals surface area contributed by atoms with Crippen LogP contribution in [0.5, 0.6) is 0 Å². The first kappa shape index (κ1) is 18.9. The highest BCUT2D eigenvalue weighted by atomic mass is 32.1. The fraction of sp³-hybridized carbons (Fsp3) is 0.136. The van der Waals surface area contributed by atoms with Gasteiger partial charge < -0.3 is 4.57 Å². The molecule has 0 bridgehead atoms.